The third-order valence-corrected chi connectivity index (χ3v) is 9.69. The molecule has 1 aliphatic heterocycles. The van der Waals surface area contributed by atoms with Gasteiger partial charge in [-0.25, -0.2) is 0 Å². The zero-order valence-electron chi connectivity index (χ0n) is 25.8. The number of aliphatic carboxylic acids is 1. The van der Waals surface area contributed by atoms with Crippen molar-refractivity contribution < 1.29 is 19.5 Å². The molecule has 1 aromatic rings. The fraction of sp³-hybridized carbons (Fsp3) is 0.588. The molecule has 1 aromatic carbocycles. The molecule has 1 saturated carbocycles. The molecular weight excluding hydrogens is 585 g/mol. The van der Waals surface area contributed by atoms with Gasteiger partial charge in [-0.05, 0) is 80.1 Å². The third kappa shape index (κ3) is 7.91. The van der Waals surface area contributed by atoms with Gasteiger partial charge < -0.3 is 15.3 Å². The summed E-state index contributed by atoms with van der Waals surface area (Å²) in [4.78, 5) is 45.4. The van der Waals surface area contributed by atoms with E-state index in [2.05, 4.69) is 37.9 Å². The first-order chi connectivity index (χ1) is 20.3. The van der Waals surface area contributed by atoms with E-state index in [9.17, 15) is 14.4 Å². The van der Waals surface area contributed by atoms with Crippen LogP contribution in [0, 0.1) is 11.3 Å². The Labute approximate surface area is 265 Å². The average molecular weight is 631 g/mol. The molecule has 2 aliphatic carbocycles. The van der Waals surface area contributed by atoms with E-state index in [-0.39, 0.29) is 36.2 Å². The number of carbonyl (C=O) groups is 3. The van der Waals surface area contributed by atoms with E-state index < -0.39 is 11.6 Å². The molecule has 0 saturated heterocycles. The molecule has 1 fully saturated rings. The van der Waals surface area contributed by atoms with Crippen LogP contribution in [-0.2, 0) is 14.4 Å². The summed E-state index contributed by atoms with van der Waals surface area (Å²) >= 11 is 12.7. The number of hydrogen-bond acceptors (Lipinski definition) is 4. The number of nitrogens with one attached hydrogen (secondary N) is 1. The summed E-state index contributed by atoms with van der Waals surface area (Å²) in [7, 11) is 0. The first-order valence-corrected chi connectivity index (χ1v) is 16.4. The Morgan fingerprint density at radius 2 is 1.77 bits per heavy atom. The van der Waals surface area contributed by atoms with Crippen molar-refractivity contribution in [3.63, 3.8) is 0 Å². The monoisotopic (exact) mass is 629 g/mol. The summed E-state index contributed by atoms with van der Waals surface area (Å²) in [6.07, 6.45) is 12.4. The van der Waals surface area contributed by atoms with Gasteiger partial charge in [0.25, 0.3) is 5.91 Å². The van der Waals surface area contributed by atoms with Crippen LogP contribution in [0.3, 0.4) is 0 Å². The standard InChI is InChI=1S/C34H45Cl2N3O4/c1-5-6-7-8-28(22-9-11-23(12-10-22)31(42)37-18-15-29(40)41)39-32(43)30(24-19-26(35)21-27(36)20-24)38-34(39)16-13-25(14-17-34)33(2,3)4/h9,11,19-21,25,28H,5-8,10,12-18H2,1-4H3,(H,37,42)(H,40,41). The molecule has 0 radical (unpaired) electrons. The summed E-state index contributed by atoms with van der Waals surface area (Å²) in [6.45, 7) is 9.14. The van der Waals surface area contributed by atoms with Crippen molar-refractivity contribution in [1.82, 2.24) is 10.2 Å². The number of carbonyl (C=O) groups excluding carboxylic acids is 2. The smallest absolute Gasteiger partial charge is 0.305 e. The van der Waals surface area contributed by atoms with Gasteiger partial charge in [0.15, 0.2) is 0 Å². The van der Waals surface area contributed by atoms with Crippen molar-refractivity contribution in [3.8, 4) is 0 Å². The van der Waals surface area contributed by atoms with Gasteiger partial charge in [-0.3, -0.25) is 19.4 Å². The largest absolute Gasteiger partial charge is 0.481 e. The molecule has 1 heterocycles. The molecule has 0 bridgehead atoms. The molecule has 1 atom stereocenters. The molecule has 7 nitrogen and oxygen atoms in total. The Morgan fingerprint density at radius 3 is 2.33 bits per heavy atom. The molecule has 1 spiro atoms. The number of carboxylic acid groups (broad SMARTS) is 1. The fourth-order valence-corrected chi connectivity index (χ4v) is 7.33. The Kier molecular flexibility index (Phi) is 10.8. The maximum atomic E-state index is 14.5. The van der Waals surface area contributed by atoms with E-state index in [1.807, 2.05) is 12.2 Å². The maximum absolute atomic E-state index is 14.5. The van der Waals surface area contributed by atoms with Gasteiger partial charge in [0, 0.05) is 27.7 Å². The van der Waals surface area contributed by atoms with Crippen LogP contribution < -0.4 is 5.32 Å². The number of unbranched alkanes of at least 4 members (excludes halogenated alkanes) is 2. The molecule has 43 heavy (non-hydrogen) atoms. The Balaban J connectivity index is 1.70. The van der Waals surface area contributed by atoms with E-state index in [4.69, 9.17) is 33.3 Å². The van der Waals surface area contributed by atoms with E-state index in [0.29, 0.717) is 45.7 Å². The van der Waals surface area contributed by atoms with Crippen molar-refractivity contribution in [2.45, 2.75) is 110 Å². The lowest BCUT2D eigenvalue weighted by molar-refractivity contribution is -0.137. The van der Waals surface area contributed by atoms with Gasteiger partial charge in [0.2, 0.25) is 5.91 Å². The first kappa shape index (κ1) is 33.3. The van der Waals surface area contributed by atoms with Crippen LogP contribution in [0.1, 0.15) is 104 Å². The number of rotatable bonds is 11. The van der Waals surface area contributed by atoms with Crippen LogP contribution in [0.15, 0.2) is 46.5 Å². The number of halogens is 2. The highest BCUT2D eigenvalue weighted by atomic mass is 35.5. The lowest BCUT2D eigenvalue weighted by Crippen LogP contribution is -2.55. The van der Waals surface area contributed by atoms with E-state index >= 15 is 0 Å². The number of carboxylic acids is 1. The van der Waals surface area contributed by atoms with Gasteiger partial charge in [-0.1, -0.05) is 82.3 Å². The first-order valence-electron chi connectivity index (χ1n) is 15.6. The average Bonchev–Trinajstić information content (AvgIpc) is 3.21. The number of aliphatic imine (C=N–C) groups is 1. The van der Waals surface area contributed by atoms with Crippen molar-refractivity contribution in [3.05, 3.63) is 57.1 Å². The second-order valence-electron chi connectivity index (χ2n) is 13.3. The second kappa shape index (κ2) is 14.0. The van der Waals surface area contributed by atoms with E-state index in [1.54, 1.807) is 18.2 Å². The Bertz CT molecular complexity index is 1300. The fourth-order valence-electron chi connectivity index (χ4n) is 6.81. The van der Waals surface area contributed by atoms with Gasteiger partial charge >= 0.3 is 5.97 Å². The minimum Gasteiger partial charge on any atom is -0.481 e. The zero-order chi connectivity index (χ0) is 31.4. The molecule has 234 valence electrons. The lowest BCUT2D eigenvalue weighted by atomic mass is 9.69. The van der Waals surface area contributed by atoms with Crippen LogP contribution in [0.4, 0.5) is 0 Å². The highest BCUT2D eigenvalue weighted by molar-refractivity contribution is 6.48. The Morgan fingerprint density at radius 1 is 1.09 bits per heavy atom. The molecular formula is C34H45Cl2N3O4. The van der Waals surface area contributed by atoms with Crippen molar-refractivity contribution in [2.75, 3.05) is 6.54 Å². The summed E-state index contributed by atoms with van der Waals surface area (Å²) in [5.74, 6) is -0.724. The van der Waals surface area contributed by atoms with Crippen LogP contribution in [0.2, 0.25) is 10.0 Å². The summed E-state index contributed by atoms with van der Waals surface area (Å²) in [5.41, 5.74) is 2.36. The molecule has 2 N–H and O–H groups in total. The predicted molar refractivity (Wildman–Crippen MR) is 173 cm³/mol. The SMILES string of the molecule is CCCCCC(C1=CC=C(C(=O)NCCC(=O)O)CC1)N1C(=O)C(c2cc(Cl)cc(Cl)c2)=NC12CCC(C(C)(C)C)CC2. The van der Waals surface area contributed by atoms with Crippen LogP contribution in [-0.4, -0.2) is 51.8 Å². The van der Waals surface area contributed by atoms with Gasteiger partial charge in [0.05, 0.1) is 12.5 Å². The van der Waals surface area contributed by atoms with Crippen molar-refractivity contribution in [2.24, 2.45) is 16.3 Å². The predicted octanol–water partition coefficient (Wildman–Crippen LogP) is 7.74. The summed E-state index contributed by atoms with van der Waals surface area (Å²) in [5, 5.41) is 12.5. The summed E-state index contributed by atoms with van der Waals surface area (Å²) < 4.78 is 0. The van der Waals surface area contributed by atoms with Crippen molar-refractivity contribution in [1.29, 1.82) is 0 Å². The zero-order valence-corrected chi connectivity index (χ0v) is 27.4. The molecule has 3 aliphatic rings. The van der Waals surface area contributed by atoms with Crippen LogP contribution in [0.5, 0.6) is 0 Å². The molecule has 9 heteroatoms. The number of benzene rings is 1. The molecule has 2 amide bonds. The number of allylic oxidation sites excluding steroid dienone is 2. The van der Waals surface area contributed by atoms with E-state index in [0.717, 1.165) is 56.9 Å². The number of hydrogen-bond donors (Lipinski definition) is 2. The highest BCUT2D eigenvalue weighted by Crippen LogP contribution is 2.49. The third-order valence-electron chi connectivity index (χ3n) is 9.26. The highest BCUT2D eigenvalue weighted by Gasteiger charge is 2.53. The summed E-state index contributed by atoms with van der Waals surface area (Å²) in [6, 6.07) is 5.06. The molecule has 0 aromatic heterocycles. The minimum absolute atomic E-state index is 0.0869. The Hall–Kier alpha value is -2.64. The van der Waals surface area contributed by atoms with Crippen molar-refractivity contribution >= 4 is 46.7 Å². The van der Waals surface area contributed by atoms with Gasteiger partial charge in [-0.2, -0.15) is 0 Å². The van der Waals surface area contributed by atoms with E-state index in [1.165, 1.54) is 0 Å². The maximum Gasteiger partial charge on any atom is 0.305 e. The molecule has 4 rings (SSSR count). The normalized spacial score (nSPS) is 23.1. The van der Waals surface area contributed by atoms with Crippen LogP contribution >= 0.6 is 23.2 Å². The minimum atomic E-state index is -0.947. The quantitative estimate of drug-likeness (QED) is 0.244. The molecule has 1 unspecified atom stereocenters. The lowest BCUT2D eigenvalue weighted by Gasteiger charge is -2.48. The number of nitrogens with zero attached hydrogens (tertiary/aromatic N) is 2. The van der Waals surface area contributed by atoms with Gasteiger partial charge in [0.1, 0.15) is 11.4 Å². The topological polar surface area (TPSA) is 99.1 Å². The van der Waals surface area contributed by atoms with Crippen LogP contribution in [0.25, 0.3) is 0 Å². The van der Waals surface area contributed by atoms with Gasteiger partial charge in [-0.15, -0.1) is 0 Å². The number of amides is 2. The second-order valence-corrected chi connectivity index (χ2v) is 14.1.